The average molecular weight is 533 g/mol. The van der Waals surface area contributed by atoms with Crippen LogP contribution in [0.3, 0.4) is 0 Å². The first-order valence-electron chi connectivity index (χ1n) is 10.7. The lowest BCUT2D eigenvalue weighted by atomic mass is 10.1. The maximum absolute atomic E-state index is 13.9. The van der Waals surface area contributed by atoms with Gasteiger partial charge in [-0.05, 0) is 60.9 Å². The van der Waals surface area contributed by atoms with Gasteiger partial charge in [-0.1, -0.05) is 35.3 Å². The smallest absolute Gasteiger partial charge is 0.266 e. The first-order valence-corrected chi connectivity index (χ1v) is 12.9. The Bertz CT molecular complexity index is 1380. The summed E-state index contributed by atoms with van der Waals surface area (Å²) in [5, 5.41) is 5.69. The third kappa shape index (κ3) is 5.27. The number of pyridine rings is 1. The number of aryl methyl sites for hydroxylation is 1. The highest BCUT2D eigenvalue weighted by Crippen LogP contribution is 2.39. The highest BCUT2D eigenvalue weighted by Gasteiger charge is 2.42. The number of fused-ring (bicyclic) bond motifs is 1. The topological polar surface area (TPSA) is 108 Å². The molecule has 2 N–H and O–H groups in total. The van der Waals surface area contributed by atoms with Crippen molar-refractivity contribution in [2.24, 2.45) is 0 Å². The number of para-hydroxylation sites is 2. The van der Waals surface area contributed by atoms with Gasteiger partial charge >= 0.3 is 0 Å². The van der Waals surface area contributed by atoms with Crippen LogP contribution >= 0.6 is 23.2 Å². The van der Waals surface area contributed by atoms with Crippen LogP contribution in [0.2, 0.25) is 10.0 Å². The number of halogens is 2. The summed E-state index contributed by atoms with van der Waals surface area (Å²) in [4.78, 5) is 29.5. The van der Waals surface area contributed by atoms with Crippen LogP contribution in [0, 0.1) is 6.92 Å². The molecule has 2 aromatic carbocycles. The highest BCUT2D eigenvalue weighted by atomic mass is 35.5. The van der Waals surface area contributed by atoms with Crippen molar-refractivity contribution in [2.45, 2.75) is 30.7 Å². The van der Waals surface area contributed by atoms with E-state index in [1.54, 1.807) is 43.6 Å². The number of nitrogens with zero attached hydrogens (tertiary/aromatic N) is 2. The Labute approximate surface area is 213 Å². The van der Waals surface area contributed by atoms with E-state index in [2.05, 4.69) is 15.6 Å². The Hall–Kier alpha value is -3.14. The molecule has 0 spiro atoms. The van der Waals surface area contributed by atoms with Crippen LogP contribution in [0.15, 0.2) is 65.8 Å². The molecule has 8 nitrogen and oxygen atoms in total. The Morgan fingerprint density at radius 2 is 1.83 bits per heavy atom. The van der Waals surface area contributed by atoms with Crippen LogP contribution in [-0.4, -0.2) is 37.8 Å². The van der Waals surface area contributed by atoms with Crippen LogP contribution < -0.4 is 14.9 Å². The van der Waals surface area contributed by atoms with E-state index in [0.29, 0.717) is 29.2 Å². The molecule has 1 unspecified atom stereocenters. The lowest BCUT2D eigenvalue weighted by molar-refractivity contribution is -0.125. The molecule has 0 fully saturated rings. The van der Waals surface area contributed by atoms with Gasteiger partial charge in [0.1, 0.15) is 10.9 Å². The van der Waals surface area contributed by atoms with E-state index in [9.17, 15) is 18.0 Å². The van der Waals surface area contributed by atoms with E-state index in [0.717, 1.165) is 9.87 Å². The molecule has 1 aliphatic heterocycles. The molecule has 0 saturated heterocycles. The normalized spacial score (nSPS) is 15.3. The molecule has 4 rings (SSSR count). The fourth-order valence-corrected chi connectivity index (χ4v) is 6.25. The monoisotopic (exact) mass is 532 g/mol. The molecule has 0 saturated carbocycles. The summed E-state index contributed by atoms with van der Waals surface area (Å²) in [7, 11) is -4.34. The number of amides is 2. The Balaban J connectivity index is 1.65. The summed E-state index contributed by atoms with van der Waals surface area (Å²) < 4.78 is 28.7. The zero-order valence-electron chi connectivity index (χ0n) is 18.7. The first kappa shape index (κ1) is 25.0. The van der Waals surface area contributed by atoms with Crippen molar-refractivity contribution in [3.63, 3.8) is 0 Å². The number of aromatic nitrogens is 1. The molecule has 2 heterocycles. The van der Waals surface area contributed by atoms with E-state index >= 15 is 0 Å². The number of carbonyl (C=O) groups excluding carboxylic acids is 2. The molecule has 1 atom stereocenters. The minimum atomic E-state index is -4.34. The third-order valence-corrected chi connectivity index (χ3v) is 8.29. The number of sulfonamides is 1. The summed E-state index contributed by atoms with van der Waals surface area (Å²) in [6.45, 7) is 1.98. The van der Waals surface area contributed by atoms with Gasteiger partial charge in [0.15, 0.2) is 0 Å². The quantitative estimate of drug-likeness (QED) is 0.478. The number of carbonyl (C=O) groups is 2. The van der Waals surface area contributed by atoms with E-state index in [-0.39, 0.29) is 22.0 Å². The maximum atomic E-state index is 13.9. The Morgan fingerprint density at radius 3 is 2.57 bits per heavy atom. The summed E-state index contributed by atoms with van der Waals surface area (Å²) in [6, 6.07) is 11.6. The number of anilines is 2. The van der Waals surface area contributed by atoms with E-state index in [1.165, 1.54) is 12.1 Å². The van der Waals surface area contributed by atoms with Gasteiger partial charge < -0.3 is 10.6 Å². The second kappa shape index (κ2) is 10.2. The Kier molecular flexibility index (Phi) is 7.30. The number of nitrogens with one attached hydrogen (secondary N) is 2. The Morgan fingerprint density at radius 1 is 1.11 bits per heavy atom. The van der Waals surface area contributed by atoms with Crippen molar-refractivity contribution in [2.75, 3.05) is 16.2 Å². The minimum absolute atomic E-state index is 0.0791. The third-order valence-electron chi connectivity index (χ3n) is 5.60. The van der Waals surface area contributed by atoms with Crippen molar-refractivity contribution in [1.29, 1.82) is 0 Å². The van der Waals surface area contributed by atoms with Crippen molar-refractivity contribution in [3.05, 3.63) is 82.1 Å². The maximum Gasteiger partial charge on any atom is 0.266 e. The summed E-state index contributed by atoms with van der Waals surface area (Å²) in [5.74, 6) is -1.07. The van der Waals surface area contributed by atoms with Gasteiger partial charge in [-0.2, -0.15) is 0 Å². The molecule has 1 aliphatic rings. The molecule has 0 aliphatic carbocycles. The number of hydrogen-bond donors (Lipinski definition) is 2. The molecular formula is C24H22Cl2N4O4S. The van der Waals surface area contributed by atoms with Crippen molar-refractivity contribution >= 4 is 56.4 Å². The van der Waals surface area contributed by atoms with Gasteiger partial charge in [-0.25, -0.2) is 8.42 Å². The lowest BCUT2D eigenvalue weighted by Crippen LogP contribution is -2.52. The molecule has 1 aromatic heterocycles. The summed E-state index contributed by atoms with van der Waals surface area (Å²) in [6.07, 6.45) is 3.51. The lowest BCUT2D eigenvalue weighted by Gasteiger charge is -2.37. The van der Waals surface area contributed by atoms with Gasteiger partial charge in [-0.3, -0.25) is 18.9 Å². The molecule has 182 valence electrons. The summed E-state index contributed by atoms with van der Waals surface area (Å²) in [5.41, 5.74) is 2.05. The van der Waals surface area contributed by atoms with Crippen LogP contribution in [0.5, 0.6) is 0 Å². The van der Waals surface area contributed by atoms with Crippen molar-refractivity contribution in [1.82, 2.24) is 10.3 Å². The van der Waals surface area contributed by atoms with E-state index in [1.807, 2.05) is 12.1 Å². The molecule has 3 aromatic rings. The van der Waals surface area contributed by atoms with Crippen LogP contribution in [-0.2, 0) is 26.0 Å². The van der Waals surface area contributed by atoms with Crippen molar-refractivity contribution < 1.29 is 18.0 Å². The predicted molar refractivity (Wildman–Crippen MR) is 135 cm³/mol. The van der Waals surface area contributed by atoms with Gasteiger partial charge in [-0.15, -0.1) is 0 Å². The summed E-state index contributed by atoms with van der Waals surface area (Å²) >= 11 is 12.4. The van der Waals surface area contributed by atoms with Gasteiger partial charge in [0, 0.05) is 24.0 Å². The van der Waals surface area contributed by atoms with Gasteiger partial charge in [0.2, 0.25) is 11.8 Å². The molecule has 11 heteroatoms. The number of hydrogen-bond acceptors (Lipinski definition) is 5. The minimum Gasteiger partial charge on any atom is -0.356 e. The fourth-order valence-electron chi connectivity index (χ4n) is 3.81. The largest absolute Gasteiger partial charge is 0.356 e. The molecule has 0 radical (unpaired) electrons. The second-order valence-corrected chi connectivity index (χ2v) is 10.6. The first-order chi connectivity index (χ1) is 16.7. The van der Waals surface area contributed by atoms with E-state index < -0.39 is 27.9 Å². The number of rotatable bonds is 7. The standard InChI is InChI=1S/C24H22Cl2N4O4S/c1-15-12-22(18(26)13-17(15)25)35(33,34)30-20-5-3-2-4-19(20)29-24(32)21(30)14-23(31)28-11-8-16-6-9-27-10-7-16/h2-7,9-10,12-13,21H,8,11,14H2,1H3,(H,28,31)(H,29,32). The van der Waals surface area contributed by atoms with Gasteiger partial charge in [0.05, 0.1) is 22.8 Å². The number of benzene rings is 2. The molecule has 35 heavy (non-hydrogen) atoms. The van der Waals surface area contributed by atoms with Crippen LogP contribution in [0.1, 0.15) is 17.5 Å². The van der Waals surface area contributed by atoms with E-state index in [4.69, 9.17) is 23.2 Å². The molecule has 2 amide bonds. The van der Waals surface area contributed by atoms with Crippen molar-refractivity contribution in [3.8, 4) is 0 Å². The highest BCUT2D eigenvalue weighted by molar-refractivity contribution is 7.93. The average Bonchev–Trinajstić information content (AvgIpc) is 2.82. The fraction of sp³-hybridized carbons (Fsp3) is 0.208. The zero-order chi connectivity index (χ0) is 25.2. The SMILES string of the molecule is Cc1cc(S(=O)(=O)N2c3ccccc3NC(=O)C2CC(=O)NCCc2ccncc2)c(Cl)cc1Cl. The van der Waals surface area contributed by atoms with Crippen LogP contribution in [0.4, 0.5) is 11.4 Å². The van der Waals surface area contributed by atoms with Gasteiger partial charge in [0.25, 0.3) is 10.0 Å². The molecule has 0 bridgehead atoms. The second-order valence-electron chi connectivity index (χ2n) is 8.01. The zero-order valence-corrected chi connectivity index (χ0v) is 21.0. The predicted octanol–water partition coefficient (Wildman–Crippen LogP) is 3.96. The molecular weight excluding hydrogens is 511 g/mol. The van der Waals surface area contributed by atoms with Crippen LogP contribution in [0.25, 0.3) is 0 Å².